The molecule has 18 heavy (non-hydrogen) atoms. The van der Waals surface area contributed by atoms with Crippen LogP contribution in [-0.4, -0.2) is 32.8 Å². The van der Waals surface area contributed by atoms with Crippen molar-refractivity contribution >= 4 is 25.6 Å². The highest BCUT2D eigenvalue weighted by atomic mass is 35.7. The number of halogens is 2. The normalized spacial score (nSPS) is 11.1. The van der Waals surface area contributed by atoms with Crippen molar-refractivity contribution in [2.75, 3.05) is 13.6 Å². The lowest BCUT2D eigenvalue weighted by Crippen LogP contribution is -2.27. The molecule has 1 rings (SSSR count). The molecule has 0 unspecified atom stereocenters. The first-order valence-electron chi connectivity index (χ1n) is 4.88. The average Bonchev–Trinajstić information content (AvgIpc) is 2.27. The van der Waals surface area contributed by atoms with Crippen LogP contribution in [-0.2, 0) is 9.05 Å². The first-order chi connectivity index (χ1) is 8.27. The highest BCUT2D eigenvalue weighted by molar-refractivity contribution is 8.13. The van der Waals surface area contributed by atoms with Crippen LogP contribution in [0.15, 0.2) is 35.7 Å². The summed E-state index contributed by atoms with van der Waals surface area (Å²) in [5.41, 5.74) is -0.219. The van der Waals surface area contributed by atoms with Gasteiger partial charge in [-0.2, -0.15) is 0 Å². The average molecular weight is 292 g/mol. The van der Waals surface area contributed by atoms with Crippen molar-refractivity contribution in [3.8, 4) is 0 Å². The summed E-state index contributed by atoms with van der Waals surface area (Å²) in [6, 6.07) is 2.89. The lowest BCUT2D eigenvalue weighted by molar-refractivity contribution is 0.0805. The number of rotatable bonds is 4. The molecule has 0 spiro atoms. The Kier molecular flexibility index (Phi) is 4.48. The molecule has 1 aromatic carbocycles. The molecule has 0 aliphatic heterocycles. The summed E-state index contributed by atoms with van der Waals surface area (Å²) in [6.07, 6.45) is 1.49. The Labute approximate surface area is 109 Å². The summed E-state index contributed by atoms with van der Waals surface area (Å²) in [7, 11) is 2.55. The maximum atomic E-state index is 13.6. The van der Waals surface area contributed by atoms with Gasteiger partial charge in [0.25, 0.3) is 15.0 Å². The predicted molar refractivity (Wildman–Crippen MR) is 66.6 cm³/mol. The zero-order valence-electron chi connectivity index (χ0n) is 9.56. The summed E-state index contributed by atoms with van der Waals surface area (Å²) in [4.78, 5) is 12.6. The van der Waals surface area contributed by atoms with Crippen LogP contribution in [0.25, 0.3) is 0 Å². The van der Waals surface area contributed by atoms with Gasteiger partial charge in [0.1, 0.15) is 5.82 Å². The zero-order valence-corrected chi connectivity index (χ0v) is 11.1. The minimum Gasteiger partial charge on any atom is -0.338 e. The van der Waals surface area contributed by atoms with E-state index in [0.717, 1.165) is 18.2 Å². The number of likely N-dealkylation sites (N-methyl/N-ethyl adjacent to an activating group) is 1. The number of nitrogens with zero attached hydrogens (tertiary/aromatic N) is 1. The first-order valence-corrected chi connectivity index (χ1v) is 7.19. The Morgan fingerprint density at radius 2 is 2.17 bits per heavy atom. The second-order valence-corrected chi connectivity index (χ2v) is 6.12. The third-order valence-electron chi connectivity index (χ3n) is 2.20. The summed E-state index contributed by atoms with van der Waals surface area (Å²) in [5, 5.41) is 0. The maximum Gasteiger partial charge on any atom is 0.261 e. The molecule has 7 heteroatoms. The van der Waals surface area contributed by atoms with E-state index in [1.807, 2.05) is 0 Å². The Morgan fingerprint density at radius 1 is 1.56 bits per heavy atom. The van der Waals surface area contributed by atoms with Crippen LogP contribution in [0.5, 0.6) is 0 Å². The SMILES string of the molecule is C=CCN(C)C(=O)c1ccc(S(=O)(=O)Cl)cc1F. The van der Waals surface area contributed by atoms with Gasteiger partial charge in [-0.15, -0.1) is 6.58 Å². The van der Waals surface area contributed by atoms with Gasteiger partial charge in [-0.1, -0.05) is 6.08 Å². The van der Waals surface area contributed by atoms with E-state index in [0.29, 0.717) is 0 Å². The third-order valence-corrected chi connectivity index (χ3v) is 3.55. The van der Waals surface area contributed by atoms with Gasteiger partial charge < -0.3 is 4.90 Å². The molecule has 0 atom stereocenters. The molecule has 0 aliphatic rings. The molecule has 0 N–H and O–H groups in total. The van der Waals surface area contributed by atoms with Crippen LogP contribution in [0.1, 0.15) is 10.4 Å². The lowest BCUT2D eigenvalue weighted by Gasteiger charge is -2.15. The van der Waals surface area contributed by atoms with Crippen LogP contribution >= 0.6 is 10.7 Å². The van der Waals surface area contributed by atoms with E-state index in [1.165, 1.54) is 18.0 Å². The van der Waals surface area contributed by atoms with Crippen molar-refractivity contribution < 1.29 is 17.6 Å². The van der Waals surface area contributed by atoms with E-state index in [1.54, 1.807) is 0 Å². The summed E-state index contributed by atoms with van der Waals surface area (Å²) < 4.78 is 35.6. The van der Waals surface area contributed by atoms with Gasteiger partial charge in [0, 0.05) is 24.3 Å². The largest absolute Gasteiger partial charge is 0.338 e. The zero-order chi connectivity index (χ0) is 13.9. The van der Waals surface area contributed by atoms with Gasteiger partial charge in [0.2, 0.25) is 0 Å². The van der Waals surface area contributed by atoms with Crippen LogP contribution in [0.4, 0.5) is 4.39 Å². The van der Waals surface area contributed by atoms with E-state index < -0.39 is 20.8 Å². The summed E-state index contributed by atoms with van der Waals surface area (Å²) >= 11 is 0. The minimum atomic E-state index is -4.01. The van der Waals surface area contributed by atoms with E-state index in [-0.39, 0.29) is 17.0 Å². The molecule has 0 saturated carbocycles. The third kappa shape index (κ3) is 3.30. The highest BCUT2D eigenvalue weighted by Gasteiger charge is 2.18. The molecular formula is C11H11ClFNO3S. The standard InChI is InChI=1S/C11H11ClFNO3S/c1-3-6-14(2)11(15)9-5-4-8(7-10(9)13)18(12,16)17/h3-5,7H,1,6H2,2H3. The van der Waals surface area contributed by atoms with Gasteiger partial charge >= 0.3 is 0 Å². The summed E-state index contributed by atoms with van der Waals surface area (Å²) in [5.74, 6) is -1.50. The van der Waals surface area contributed by atoms with E-state index in [2.05, 4.69) is 6.58 Å². The molecule has 0 fully saturated rings. The van der Waals surface area contributed by atoms with Crippen molar-refractivity contribution in [2.45, 2.75) is 4.90 Å². The molecule has 4 nitrogen and oxygen atoms in total. The number of amides is 1. The lowest BCUT2D eigenvalue weighted by atomic mass is 10.2. The minimum absolute atomic E-state index is 0.219. The Hall–Kier alpha value is -1.40. The quantitative estimate of drug-likeness (QED) is 0.630. The molecule has 1 aromatic rings. The van der Waals surface area contributed by atoms with Crippen LogP contribution < -0.4 is 0 Å². The van der Waals surface area contributed by atoms with Gasteiger partial charge in [-0.05, 0) is 18.2 Å². The van der Waals surface area contributed by atoms with E-state index >= 15 is 0 Å². The second kappa shape index (κ2) is 5.49. The fraction of sp³-hybridized carbons (Fsp3) is 0.182. The molecule has 0 radical (unpaired) electrons. The van der Waals surface area contributed by atoms with Gasteiger partial charge in [0.05, 0.1) is 10.5 Å². The van der Waals surface area contributed by atoms with Crippen molar-refractivity contribution in [3.63, 3.8) is 0 Å². The topological polar surface area (TPSA) is 54.5 Å². The fourth-order valence-electron chi connectivity index (χ4n) is 1.30. The van der Waals surface area contributed by atoms with Crippen LogP contribution in [0, 0.1) is 5.82 Å². The van der Waals surface area contributed by atoms with E-state index in [9.17, 15) is 17.6 Å². The highest BCUT2D eigenvalue weighted by Crippen LogP contribution is 2.19. The van der Waals surface area contributed by atoms with Crippen molar-refractivity contribution in [1.29, 1.82) is 0 Å². The Morgan fingerprint density at radius 3 is 2.61 bits per heavy atom. The maximum absolute atomic E-state index is 13.6. The Bertz CT molecular complexity index is 586. The molecule has 0 bridgehead atoms. The van der Waals surface area contributed by atoms with Crippen LogP contribution in [0.2, 0.25) is 0 Å². The predicted octanol–water partition coefficient (Wildman–Crippen LogP) is 2.01. The van der Waals surface area contributed by atoms with Gasteiger partial charge in [-0.3, -0.25) is 4.79 Å². The molecule has 98 valence electrons. The smallest absolute Gasteiger partial charge is 0.261 e. The van der Waals surface area contributed by atoms with Crippen molar-refractivity contribution in [1.82, 2.24) is 4.90 Å². The van der Waals surface area contributed by atoms with Gasteiger partial charge in [-0.25, -0.2) is 12.8 Å². The molecule has 0 saturated heterocycles. The summed E-state index contributed by atoms with van der Waals surface area (Å²) in [6.45, 7) is 3.72. The number of benzene rings is 1. The second-order valence-electron chi connectivity index (χ2n) is 3.55. The number of carbonyl (C=O) groups is 1. The monoisotopic (exact) mass is 291 g/mol. The number of hydrogen-bond acceptors (Lipinski definition) is 3. The van der Waals surface area contributed by atoms with Crippen molar-refractivity contribution in [3.05, 3.63) is 42.2 Å². The Balaban J connectivity index is 3.14. The van der Waals surface area contributed by atoms with Gasteiger partial charge in [0.15, 0.2) is 0 Å². The fourth-order valence-corrected chi connectivity index (χ4v) is 2.07. The van der Waals surface area contributed by atoms with E-state index in [4.69, 9.17) is 10.7 Å². The first kappa shape index (κ1) is 14.7. The molecule has 1 amide bonds. The van der Waals surface area contributed by atoms with Crippen LogP contribution in [0.3, 0.4) is 0 Å². The molecule has 0 heterocycles. The number of hydrogen-bond donors (Lipinski definition) is 0. The molecular weight excluding hydrogens is 281 g/mol. The molecule has 0 aromatic heterocycles. The number of carbonyl (C=O) groups excluding carboxylic acids is 1. The van der Waals surface area contributed by atoms with Crippen molar-refractivity contribution in [2.24, 2.45) is 0 Å². The molecule has 0 aliphatic carbocycles.